The van der Waals surface area contributed by atoms with E-state index in [4.69, 9.17) is 0 Å². The second kappa shape index (κ2) is 5.43. The minimum Gasteiger partial charge on any atom is -0.325 e. The maximum Gasteiger partial charge on any atom is 0.256 e. The molecule has 4 nitrogen and oxygen atoms in total. The number of rotatable bonds is 1. The molecule has 2 aromatic rings. The molecule has 1 aromatic carbocycles. The van der Waals surface area contributed by atoms with E-state index < -0.39 is 5.66 Å². The fourth-order valence-electron chi connectivity index (χ4n) is 4.59. The maximum absolute atomic E-state index is 13.1. The van der Waals surface area contributed by atoms with Crippen molar-refractivity contribution in [3.63, 3.8) is 0 Å². The summed E-state index contributed by atoms with van der Waals surface area (Å²) in [6, 6.07) is 9.95. The Morgan fingerprint density at radius 3 is 2.64 bits per heavy atom. The van der Waals surface area contributed by atoms with E-state index in [9.17, 15) is 9.59 Å². The summed E-state index contributed by atoms with van der Waals surface area (Å²) in [6.45, 7) is 0. The molecule has 0 bridgehead atoms. The highest BCUT2D eigenvalue weighted by atomic mass is 32.1. The lowest BCUT2D eigenvalue weighted by Gasteiger charge is -2.49. The van der Waals surface area contributed by atoms with Crippen molar-refractivity contribution in [1.29, 1.82) is 0 Å². The first-order valence-electron chi connectivity index (χ1n) is 9.06. The molecule has 3 aliphatic rings. The van der Waals surface area contributed by atoms with Crippen molar-refractivity contribution in [2.75, 3.05) is 4.90 Å². The zero-order valence-corrected chi connectivity index (χ0v) is 14.8. The van der Waals surface area contributed by atoms with Crippen molar-refractivity contribution >= 4 is 28.2 Å². The van der Waals surface area contributed by atoms with Crippen LogP contribution in [0, 0.1) is 0 Å². The number of benzene rings is 1. The number of amides is 2. The molecule has 5 rings (SSSR count). The van der Waals surface area contributed by atoms with Gasteiger partial charge in [0.2, 0.25) is 5.91 Å². The highest BCUT2D eigenvalue weighted by Crippen LogP contribution is 2.50. The van der Waals surface area contributed by atoms with E-state index in [1.807, 2.05) is 35.2 Å². The van der Waals surface area contributed by atoms with Gasteiger partial charge in [-0.1, -0.05) is 30.3 Å². The molecule has 1 fully saturated rings. The predicted molar refractivity (Wildman–Crippen MR) is 97.9 cm³/mol. The number of hydrogen-bond donors (Lipinski definition) is 1. The van der Waals surface area contributed by atoms with Crippen LogP contribution in [0.5, 0.6) is 0 Å². The predicted octanol–water partition coefficient (Wildman–Crippen LogP) is 3.74. The average molecular weight is 352 g/mol. The van der Waals surface area contributed by atoms with Gasteiger partial charge >= 0.3 is 0 Å². The first-order valence-corrected chi connectivity index (χ1v) is 9.88. The molecule has 1 N–H and O–H groups in total. The smallest absolute Gasteiger partial charge is 0.256 e. The summed E-state index contributed by atoms with van der Waals surface area (Å²) >= 11 is 1.67. The maximum atomic E-state index is 13.1. The fourth-order valence-corrected chi connectivity index (χ4v) is 6.06. The van der Waals surface area contributed by atoms with Crippen molar-refractivity contribution in [3.05, 3.63) is 51.9 Å². The summed E-state index contributed by atoms with van der Waals surface area (Å²) in [6.07, 6.45) is 6.39. The number of nitrogens with zero attached hydrogens (tertiary/aromatic N) is 1. The van der Waals surface area contributed by atoms with Crippen molar-refractivity contribution in [1.82, 2.24) is 5.32 Å². The lowest BCUT2D eigenvalue weighted by atomic mass is 9.84. The van der Waals surface area contributed by atoms with Gasteiger partial charge in [0.15, 0.2) is 0 Å². The molecule has 5 heteroatoms. The van der Waals surface area contributed by atoms with E-state index >= 15 is 0 Å². The SMILES string of the molecule is O=C1NC2(c3ccccc3)CCCC(=O)N2c2sc3c(c21)CCCC3. The Morgan fingerprint density at radius 1 is 1.00 bits per heavy atom. The van der Waals surface area contributed by atoms with Gasteiger partial charge in [0.05, 0.1) is 5.56 Å². The summed E-state index contributed by atoms with van der Waals surface area (Å²) < 4.78 is 0. The Labute approximate surface area is 150 Å². The quantitative estimate of drug-likeness (QED) is 0.850. The topological polar surface area (TPSA) is 49.4 Å². The highest BCUT2D eigenvalue weighted by molar-refractivity contribution is 7.17. The molecule has 128 valence electrons. The lowest BCUT2D eigenvalue weighted by molar-refractivity contribution is -0.122. The Morgan fingerprint density at radius 2 is 1.80 bits per heavy atom. The number of fused-ring (bicyclic) bond motifs is 5. The zero-order valence-electron chi connectivity index (χ0n) is 14.0. The van der Waals surface area contributed by atoms with Gasteiger partial charge in [-0.25, -0.2) is 0 Å². The van der Waals surface area contributed by atoms with Crippen LogP contribution in [0.15, 0.2) is 30.3 Å². The molecule has 1 aliphatic carbocycles. The Kier molecular flexibility index (Phi) is 3.29. The third kappa shape index (κ3) is 2.05. The first kappa shape index (κ1) is 15.1. The molecule has 1 atom stereocenters. The number of aryl methyl sites for hydroxylation is 1. The normalized spacial score (nSPS) is 25.0. The summed E-state index contributed by atoms with van der Waals surface area (Å²) in [5.41, 5.74) is 2.22. The molecule has 1 aromatic heterocycles. The van der Waals surface area contributed by atoms with Crippen molar-refractivity contribution in [2.45, 2.75) is 50.6 Å². The van der Waals surface area contributed by atoms with Crippen LogP contribution in [0.2, 0.25) is 0 Å². The van der Waals surface area contributed by atoms with E-state index in [-0.39, 0.29) is 11.8 Å². The molecule has 2 amide bonds. The molecule has 0 spiro atoms. The van der Waals surface area contributed by atoms with Gasteiger partial charge in [-0.15, -0.1) is 11.3 Å². The number of carbonyl (C=O) groups is 2. The van der Waals surface area contributed by atoms with Gasteiger partial charge in [0.1, 0.15) is 10.7 Å². The van der Waals surface area contributed by atoms with E-state index in [1.165, 1.54) is 16.9 Å². The molecular formula is C20H20N2O2S. The molecule has 0 radical (unpaired) electrons. The Hall–Kier alpha value is -2.14. The van der Waals surface area contributed by atoms with Crippen molar-refractivity contribution < 1.29 is 9.59 Å². The molecule has 2 aliphatic heterocycles. The number of piperidine rings is 1. The highest BCUT2D eigenvalue weighted by Gasteiger charge is 2.51. The molecule has 0 saturated carbocycles. The van der Waals surface area contributed by atoms with Crippen LogP contribution in [0.3, 0.4) is 0 Å². The van der Waals surface area contributed by atoms with Crippen LogP contribution in [-0.4, -0.2) is 11.8 Å². The summed E-state index contributed by atoms with van der Waals surface area (Å²) in [4.78, 5) is 29.3. The van der Waals surface area contributed by atoms with Gasteiger partial charge in [-0.3, -0.25) is 14.5 Å². The number of carbonyl (C=O) groups excluding carboxylic acids is 2. The van der Waals surface area contributed by atoms with Gasteiger partial charge < -0.3 is 5.32 Å². The summed E-state index contributed by atoms with van der Waals surface area (Å²) in [7, 11) is 0. The van der Waals surface area contributed by atoms with Crippen molar-refractivity contribution in [2.24, 2.45) is 0 Å². The lowest BCUT2D eigenvalue weighted by Crippen LogP contribution is -2.65. The van der Waals surface area contributed by atoms with Gasteiger partial charge in [0, 0.05) is 11.3 Å². The Bertz CT molecular complexity index is 873. The minimum atomic E-state index is -0.728. The van der Waals surface area contributed by atoms with E-state index in [0.29, 0.717) is 6.42 Å². The van der Waals surface area contributed by atoms with Crippen molar-refractivity contribution in [3.8, 4) is 0 Å². The molecular weight excluding hydrogens is 332 g/mol. The molecule has 3 heterocycles. The summed E-state index contributed by atoms with van der Waals surface area (Å²) in [5.74, 6) is 0.110. The number of nitrogens with one attached hydrogen (secondary N) is 1. The second-order valence-corrected chi connectivity index (χ2v) is 8.24. The zero-order chi connectivity index (χ0) is 17.0. The van der Waals surface area contributed by atoms with Crippen LogP contribution in [0.25, 0.3) is 0 Å². The van der Waals surface area contributed by atoms with Crippen LogP contribution >= 0.6 is 11.3 Å². The van der Waals surface area contributed by atoms with Crippen LogP contribution in [0.4, 0.5) is 5.00 Å². The second-order valence-electron chi connectivity index (χ2n) is 7.15. The van der Waals surface area contributed by atoms with E-state index in [1.54, 1.807) is 11.3 Å². The number of anilines is 1. The van der Waals surface area contributed by atoms with Crippen LogP contribution in [0.1, 0.15) is 58.5 Å². The standard InChI is InChI=1S/C20H20N2O2S/c23-16-11-6-12-20(13-7-2-1-3-8-13)21-18(24)17-14-9-4-5-10-15(14)25-19(17)22(16)20/h1-3,7-8H,4-6,9-12H2,(H,21,24). The monoisotopic (exact) mass is 352 g/mol. The van der Waals surface area contributed by atoms with Crippen LogP contribution in [-0.2, 0) is 23.3 Å². The average Bonchev–Trinajstić information content (AvgIpc) is 3.02. The molecule has 25 heavy (non-hydrogen) atoms. The third-order valence-electron chi connectivity index (χ3n) is 5.71. The van der Waals surface area contributed by atoms with Gasteiger partial charge in [-0.05, 0) is 49.7 Å². The fraction of sp³-hybridized carbons (Fsp3) is 0.400. The van der Waals surface area contributed by atoms with Gasteiger partial charge in [0.25, 0.3) is 5.91 Å². The molecule has 1 saturated heterocycles. The number of hydrogen-bond acceptors (Lipinski definition) is 3. The summed E-state index contributed by atoms with van der Waals surface area (Å²) in [5, 5.41) is 4.12. The largest absolute Gasteiger partial charge is 0.325 e. The van der Waals surface area contributed by atoms with E-state index in [2.05, 4.69) is 5.32 Å². The van der Waals surface area contributed by atoms with Crippen LogP contribution < -0.4 is 10.2 Å². The minimum absolute atomic E-state index is 0.01000. The number of thiophene rings is 1. The van der Waals surface area contributed by atoms with E-state index in [0.717, 1.165) is 48.2 Å². The Balaban J connectivity index is 1.75. The molecule has 1 unspecified atom stereocenters. The first-order chi connectivity index (χ1) is 12.2. The van der Waals surface area contributed by atoms with Gasteiger partial charge in [-0.2, -0.15) is 0 Å². The third-order valence-corrected chi connectivity index (χ3v) is 6.99.